The molecule has 1 amide bonds. The van der Waals surface area contributed by atoms with Gasteiger partial charge < -0.3 is 15.0 Å². The first-order valence-corrected chi connectivity index (χ1v) is 8.82. The molecule has 0 aromatic heterocycles. The maximum absolute atomic E-state index is 12.2. The van der Waals surface area contributed by atoms with Crippen LogP contribution in [0.15, 0.2) is 18.2 Å². The minimum atomic E-state index is 0.00133. The van der Waals surface area contributed by atoms with Gasteiger partial charge in [-0.25, -0.2) is 0 Å². The van der Waals surface area contributed by atoms with Gasteiger partial charge in [0, 0.05) is 24.7 Å². The van der Waals surface area contributed by atoms with Crippen LogP contribution in [0.3, 0.4) is 0 Å². The van der Waals surface area contributed by atoms with Gasteiger partial charge in [-0.05, 0) is 62.9 Å². The summed E-state index contributed by atoms with van der Waals surface area (Å²) >= 11 is 0. The maximum atomic E-state index is 12.2. The van der Waals surface area contributed by atoms with Crippen LogP contribution in [0.5, 0.6) is 5.75 Å². The molecule has 1 aromatic rings. The summed E-state index contributed by atoms with van der Waals surface area (Å²) < 4.78 is 5.23. The quantitative estimate of drug-likeness (QED) is 0.784. The van der Waals surface area contributed by atoms with Gasteiger partial charge in [0.05, 0.1) is 7.11 Å². The number of aryl methyl sites for hydroxylation is 1. The molecule has 0 radical (unpaired) electrons. The van der Waals surface area contributed by atoms with E-state index in [0.717, 1.165) is 36.9 Å². The van der Waals surface area contributed by atoms with Gasteiger partial charge in [-0.1, -0.05) is 13.3 Å². The van der Waals surface area contributed by atoms with Crippen molar-refractivity contribution in [2.24, 2.45) is 0 Å². The van der Waals surface area contributed by atoms with Crippen molar-refractivity contribution in [2.45, 2.75) is 52.0 Å². The van der Waals surface area contributed by atoms with Crippen LogP contribution in [0, 0.1) is 6.92 Å². The molecule has 1 fully saturated rings. The van der Waals surface area contributed by atoms with E-state index in [9.17, 15) is 4.79 Å². The molecule has 0 aliphatic carbocycles. The van der Waals surface area contributed by atoms with E-state index in [1.807, 2.05) is 25.1 Å². The molecule has 1 aromatic carbocycles. The van der Waals surface area contributed by atoms with Crippen molar-refractivity contribution in [2.75, 3.05) is 26.7 Å². The van der Waals surface area contributed by atoms with E-state index >= 15 is 0 Å². The number of carbonyl (C=O) groups excluding carboxylic acids is 1. The monoisotopic (exact) mass is 318 g/mol. The maximum Gasteiger partial charge on any atom is 0.251 e. The Morgan fingerprint density at radius 1 is 1.39 bits per heavy atom. The van der Waals surface area contributed by atoms with Crippen LogP contribution in [0.4, 0.5) is 0 Å². The number of benzene rings is 1. The van der Waals surface area contributed by atoms with Gasteiger partial charge in [0.25, 0.3) is 5.91 Å². The third kappa shape index (κ3) is 4.96. The van der Waals surface area contributed by atoms with Gasteiger partial charge in [-0.15, -0.1) is 0 Å². The number of hydrogen-bond donors (Lipinski definition) is 1. The van der Waals surface area contributed by atoms with Crippen LogP contribution in [0.25, 0.3) is 0 Å². The smallest absolute Gasteiger partial charge is 0.251 e. The third-order valence-corrected chi connectivity index (χ3v) is 4.79. The first-order valence-electron chi connectivity index (χ1n) is 8.82. The molecule has 1 N–H and O–H groups in total. The summed E-state index contributed by atoms with van der Waals surface area (Å²) in [6.07, 6.45) is 6.25. The molecule has 0 saturated carbocycles. The second kappa shape index (κ2) is 8.92. The first-order chi connectivity index (χ1) is 11.2. The molecule has 0 bridgehead atoms. The second-order valence-corrected chi connectivity index (χ2v) is 6.39. The van der Waals surface area contributed by atoms with Gasteiger partial charge >= 0.3 is 0 Å². The molecule has 23 heavy (non-hydrogen) atoms. The van der Waals surface area contributed by atoms with E-state index in [4.69, 9.17) is 4.74 Å². The first kappa shape index (κ1) is 17.8. The molecule has 1 aliphatic heterocycles. The van der Waals surface area contributed by atoms with E-state index in [1.54, 1.807) is 7.11 Å². The van der Waals surface area contributed by atoms with E-state index in [0.29, 0.717) is 5.56 Å². The van der Waals surface area contributed by atoms with Crippen LogP contribution in [-0.2, 0) is 0 Å². The molecule has 0 spiro atoms. The summed E-state index contributed by atoms with van der Waals surface area (Å²) in [5.74, 6) is 0.818. The van der Waals surface area contributed by atoms with Gasteiger partial charge in [0.1, 0.15) is 5.75 Å². The Kier molecular flexibility index (Phi) is 6.90. The largest absolute Gasteiger partial charge is 0.496 e. The topological polar surface area (TPSA) is 41.6 Å². The highest BCUT2D eigenvalue weighted by molar-refractivity contribution is 5.94. The van der Waals surface area contributed by atoms with Crippen molar-refractivity contribution in [3.05, 3.63) is 29.3 Å². The zero-order valence-electron chi connectivity index (χ0n) is 14.7. The highest BCUT2D eigenvalue weighted by Crippen LogP contribution is 2.20. The van der Waals surface area contributed by atoms with Crippen molar-refractivity contribution in [1.29, 1.82) is 0 Å². The Labute approximate surface area is 140 Å². The molecule has 1 unspecified atom stereocenters. The zero-order chi connectivity index (χ0) is 16.7. The number of ether oxygens (including phenoxy) is 1. The molecule has 128 valence electrons. The normalized spacial score (nSPS) is 18.7. The SMILES string of the molecule is CCC1CCCCN1CCCNC(=O)c1ccc(OC)c(C)c1. The fourth-order valence-electron chi connectivity index (χ4n) is 3.42. The number of methoxy groups -OCH3 is 1. The summed E-state index contributed by atoms with van der Waals surface area (Å²) in [6, 6.07) is 6.29. The molecule has 4 heteroatoms. The summed E-state index contributed by atoms with van der Waals surface area (Å²) in [6.45, 7) is 7.26. The molecular formula is C19H30N2O2. The van der Waals surface area contributed by atoms with Crippen molar-refractivity contribution in [3.63, 3.8) is 0 Å². The number of rotatable bonds is 7. The van der Waals surface area contributed by atoms with Crippen molar-refractivity contribution < 1.29 is 9.53 Å². The minimum absolute atomic E-state index is 0.00133. The van der Waals surface area contributed by atoms with Gasteiger partial charge in [-0.3, -0.25) is 4.79 Å². The predicted octanol–water partition coefficient (Wildman–Crippen LogP) is 3.39. The lowest BCUT2D eigenvalue weighted by atomic mass is 10.00. The third-order valence-electron chi connectivity index (χ3n) is 4.79. The van der Waals surface area contributed by atoms with Crippen LogP contribution >= 0.6 is 0 Å². The van der Waals surface area contributed by atoms with Crippen LogP contribution in [0.1, 0.15) is 54.9 Å². The standard InChI is InChI=1S/C19H30N2O2/c1-4-17-8-5-6-12-21(17)13-7-11-20-19(22)16-9-10-18(23-3)15(2)14-16/h9-10,14,17H,4-8,11-13H2,1-3H3,(H,20,22). The van der Waals surface area contributed by atoms with Gasteiger partial charge in [0.2, 0.25) is 0 Å². The van der Waals surface area contributed by atoms with E-state index in [1.165, 1.54) is 32.2 Å². The number of amides is 1. The summed E-state index contributed by atoms with van der Waals surface area (Å²) in [4.78, 5) is 14.8. The second-order valence-electron chi connectivity index (χ2n) is 6.39. The number of hydrogen-bond acceptors (Lipinski definition) is 3. The van der Waals surface area contributed by atoms with Crippen LogP contribution in [0.2, 0.25) is 0 Å². The summed E-state index contributed by atoms with van der Waals surface area (Å²) in [7, 11) is 1.65. The highest BCUT2D eigenvalue weighted by atomic mass is 16.5. The fraction of sp³-hybridized carbons (Fsp3) is 0.632. The number of carbonyl (C=O) groups is 1. The number of piperidine rings is 1. The lowest BCUT2D eigenvalue weighted by molar-refractivity contribution is 0.0947. The molecule has 4 nitrogen and oxygen atoms in total. The number of likely N-dealkylation sites (tertiary alicyclic amines) is 1. The van der Waals surface area contributed by atoms with E-state index in [2.05, 4.69) is 17.1 Å². The van der Waals surface area contributed by atoms with E-state index in [-0.39, 0.29) is 5.91 Å². The van der Waals surface area contributed by atoms with Crippen LogP contribution in [-0.4, -0.2) is 43.6 Å². The Morgan fingerprint density at radius 2 is 2.22 bits per heavy atom. The van der Waals surface area contributed by atoms with E-state index < -0.39 is 0 Å². The average Bonchev–Trinajstić information content (AvgIpc) is 2.58. The lowest BCUT2D eigenvalue weighted by Gasteiger charge is -2.35. The Hall–Kier alpha value is -1.55. The summed E-state index contributed by atoms with van der Waals surface area (Å²) in [5, 5.41) is 3.03. The van der Waals surface area contributed by atoms with Crippen molar-refractivity contribution in [1.82, 2.24) is 10.2 Å². The Balaban J connectivity index is 1.75. The predicted molar refractivity (Wildman–Crippen MR) is 94.2 cm³/mol. The average molecular weight is 318 g/mol. The molecule has 1 heterocycles. The molecule has 1 aliphatic rings. The lowest BCUT2D eigenvalue weighted by Crippen LogP contribution is -2.40. The number of nitrogens with one attached hydrogen (secondary N) is 1. The fourth-order valence-corrected chi connectivity index (χ4v) is 3.42. The molecular weight excluding hydrogens is 288 g/mol. The van der Waals surface area contributed by atoms with Crippen molar-refractivity contribution >= 4 is 5.91 Å². The summed E-state index contributed by atoms with van der Waals surface area (Å²) in [5.41, 5.74) is 1.69. The zero-order valence-corrected chi connectivity index (χ0v) is 14.7. The van der Waals surface area contributed by atoms with Crippen LogP contribution < -0.4 is 10.1 Å². The molecule has 1 atom stereocenters. The van der Waals surface area contributed by atoms with Gasteiger partial charge in [0.15, 0.2) is 0 Å². The Bertz CT molecular complexity index is 516. The molecule has 2 rings (SSSR count). The van der Waals surface area contributed by atoms with Crippen molar-refractivity contribution in [3.8, 4) is 5.75 Å². The molecule has 1 saturated heterocycles. The number of nitrogens with zero attached hydrogens (tertiary/aromatic N) is 1. The highest BCUT2D eigenvalue weighted by Gasteiger charge is 2.19. The van der Waals surface area contributed by atoms with Gasteiger partial charge in [-0.2, -0.15) is 0 Å². The minimum Gasteiger partial charge on any atom is -0.496 e. The Morgan fingerprint density at radius 3 is 2.91 bits per heavy atom.